The molecule has 0 radical (unpaired) electrons. The zero-order valence-electron chi connectivity index (χ0n) is 16.7. The maximum atomic E-state index is 12.4. The zero-order valence-corrected chi connectivity index (χ0v) is 16.7. The minimum atomic E-state index is -0.331. The molecule has 1 aromatic heterocycles. The number of hydrogen-bond acceptors (Lipinski definition) is 6. The molecule has 7 heteroatoms. The first-order valence-corrected chi connectivity index (χ1v) is 9.45. The Bertz CT molecular complexity index is 924. The molecule has 0 aliphatic rings. The highest BCUT2D eigenvalue weighted by atomic mass is 16.5. The Morgan fingerprint density at radius 2 is 1.55 bits per heavy atom. The smallest absolute Gasteiger partial charge is 0.276 e. The topological polar surface area (TPSA) is 85.4 Å². The first-order valence-electron chi connectivity index (χ1n) is 9.45. The van der Waals surface area contributed by atoms with Crippen molar-refractivity contribution in [3.63, 3.8) is 0 Å². The Kier molecular flexibility index (Phi) is 6.63. The Morgan fingerprint density at radius 1 is 0.897 bits per heavy atom. The van der Waals surface area contributed by atoms with Crippen LogP contribution < -0.4 is 20.1 Å². The summed E-state index contributed by atoms with van der Waals surface area (Å²) in [6.07, 6.45) is 0.0976. The summed E-state index contributed by atoms with van der Waals surface area (Å²) in [7, 11) is 0. The summed E-state index contributed by atoms with van der Waals surface area (Å²) in [5.74, 6) is 1.77. The van der Waals surface area contributed by atoms with E-state index in [1.54, 1.807) is 24.3 Å². The van der Waals surface area contributed by atoms with Crippen molar-refractivity contribution in [2.45, 2.75) is 26.9 Å². The molecule has 0 aliphatic carbocycles. The molecule has 0 saturated heterocycles. The number of hydrogen-bond donors (Lipinski definition) is 2. The first-order chi connectivity index (χ1) is 14.0. The number of ether oxygens (including phenoxy) is 2. The molecule has 1 amide bonds. The van der Waals surface area contributed by atoms with Crippen molar-refractivity contribution < 1.29 is 14.3 Å². The van der Waals surface area contributed by atoms with Crippen LogP contribution in [-0.2, 0) is 0 Å². The van der Waals surface area contributed by atoms with Gasteiger partial charge in [0.25, 0.3) is 5.91 Å². The number of rotatable bonds is 8. The molecule has 1 heterocycles. The highest BCUT2D eigenvalue weighted by Crippen LogP contribution is 2.20. The predicted octanol–water partition coefficient (Wildman–Crippen LogP) is 4.66. The number of amides is 1. The van der Waals surface area contributed by atoms with Gasteiger partial charge in [0.1, 0.15) is 11.5 Å². The highest BCUT2D eigenvalue weighted by molar-refractivity contribution is 6.02. The summed E-state index contributed by atoms with van der Waals surface area (Å²) in [5, 5.41) is 14.0. The van der Waals surface area contributed by atoms with Crippen molar-refractivity contribution in [3.05, 3.63) is 66.4 Å². The van der Waals surface area contributed by atoms with Gasteiger partial charge in [-0.2, -0.15) is 0 Å². The largest absolute Gasteiger partial charge is 0.494 e. The van der Waals surface area contributed by atoms with Gasteiger partial charge in [-0.05, 0) is 81.4 Å². The quantitative estimate of drug-likeness (QED) is 0.580. The van der Waals surface area contributed by atoms with E-state index in [4.69, 9.17) is 9.47 Å². The maximum Gasteiger partial charge on any atom is 0.276 e. The number of aromatic nitrogens is 2. The zero-order chi connectivity index (χ0) is 20.6. The third kappa shape index (κ3) is 5.93. The second-order valence-electron chi connectivity index (χ2n) is 6.53. The minimum absolute atomic E-state index is 0.0976. The average Bonchev–Trinajstić information content (AvgIpc) is 2.71. The lowest BCUT2D eigenvalue weighted by molar-refractivity contribution is 0.102. The van der Waals surface area contributed by atoms with E-state index in [2.05, 4.69) is 20.8 Å². The molecular formula is C22H24N4O3. The van der Waals surface area contributed by atoms with Crippen LogP contribution in [0.3, 0.4) is 0 Å². The van der Waals surface area contributed by atoms with Crippen LogP contribution in [0.15, 0.2) is 60.7 Å². The fourth-order valence-corrected chi connectivity index (χ4v) is 2.55. The van der Waals surface area contributed by atoms with E-state index in [0.717, 1.165) is 17.2 Å². The van der Waals surface area contributed by atoms with E-state index in [1.807, 2.05) is 57.2 Å². The first kappa shape index (κ1) is 20.1. The number of carbonyl (C=O) groups excluding carboxylic acids is 1. The number of anilines is 3. The van der Waals surface area contributed by atoms with Crippen molar-refractivity contribution in [2.24, 2.45) is 0 Å². The van der Waals surface area contributed by atoms with Crippen molar-refractivity contribution in [1.29, 1.82) is 0 Å². The number of carbonyl (C=O) groups is 1. The summed E-state index contributed by atoms with van der Waals surface area (Å²) >= 11 is 0. The van der Waals surface area contributed by atoms with Gasteiger partial charge in [0.05, 0.1) is 12.7 Å². The molecule has 0 unspecified atom stereocenters. The monoisotopic (exact) mass is 392 g/mol. The highest BCUT2D eigenvalue weighted by Gasteiger charge is 2.09. The van der Waals surface area contributed by atoms with Gasteiger partial charge in [-0.1, -0.05) is 0 Å². The van der Waals surface area contributed by atoms with Gasteiger partial charge in [0.15, 0.2) is 11.5 Å². The lowest BCUT2D eigenvalue weighted by Gasteiger charge is -2.10. The van der Waals surface area contributed by atoms with Gasteiger partial charge in [0, 0.05) is 11.4 Å². The van der Waals surface area contributed by atoms with E-state index in [1.165, 1.54) is 0 Å². The second-order valence-corrected chi connectivity index (χ2v) is 6.53. The van der Waals surface area contributed by atoms with E-state index in [-0.39, 0.29) is 17.7 Å². The van der Waals surface area contributed by atoms with Gasteiger partial charge in [-0.3, -0.25) is 4.79 Å². The molecule has 2 aromatic carbocycles. The van der Waals surface area contributed by atoms with Crippen LogP contribution in [0, 0.1) is 0 Å². The SMILES string of the molecule is CCOc1ccc(Nc2ccc(C(=O)Nc3ccc(OC(C)C)cc3)nn2)cc1. The number of benzene rings is 2. The minimum Gasteiger partial charge on any atom is -0.494 e. The molecule has 0 aliphatic heterocycles. The van der Waals surface area contributed by atoms with Gasteiger partial charge in [-0.15, -0.1) is 10.2 Å². The molecule has 0 bridgehead atoms. The predicted molar refractivity (Wildman–Crippen MR) is 113 cm³/mol. The number of nitrogens with zero attached hydrogens (tertiary/aromatic N) is 2. The van der Waals surface area contributed by atoms with Gasteiger partial charge >= 0.3 is 0 Å². The Labute approximate surface area is 170 Å². The maximum absolute atomic E-state index is 12.4. The number of nitrogens with one attached hydrogen (secondary N) is 2. The van der Waals surface area contributed by atoms with Crippen LogP contribution in [0.4, 0.5) is 17.2 Å². The van der Waals surface area contributed by atoms with E-state index in [9.17, 15) is 4.79 Å². The van der Waals surface area contributed by atoms with Crippen molar-refractivity contribution >= 4 is 23.1 Å². The van der Waals surface area contributed by atoms with Crippen LogP contribution in [-0.4, -0.2) is 28.8 Å². The molecule has 7 nitrogen and oxygen atoms in total. The van der Waals surface area contributed by atoms with E-state index in [0.29, 0.717) is 18.1 Å². The Hall–Kier alpha value is -3.61. The molecule has 150 valence electrons. The van der Waals surface area contributed by atoms with E-state index < -0.39 is 0 Å². The lowest BCUT2D eigenvalue weighted by atomic mass is 10.2. The Morgan fingerprint density at radius 3 is 2.14 bits per heavy atom. The molecule has 0 saturated carbocycles. The fourth-order valence-electron chi connectivity index (χ4n) is 2.55. The summed E-state index contributed by atoms with van der Waals surface area (Å²) in [4.78, 5) is 12.4. The second kappa shape index (κ2) is 9.54. The van der Waals surface area contributed by atoms with Crippen LogP contribution in [0.25, 0.3) is 0 Å². The van der Waals surface area contributed by atoms with Gasteiger partial charge in [0.2, 0.25) is 0 Å². The molecule has 0 spiro atoms. The van der Waals surface area contributed by atoms with Gasteiger partial charge < -0.3 is 20.1 Å². The summed E-state index contributed by atoms with van der Waals surface area (Å²) in [5.41, 5.74) is 1.73. The average molecular weight is 392 g/mol. The molecule has 3 rings (SSSR count). The molecular weight excluding hydrogens is 368 g/mol. The molecule has 0 fully saturated rings. The summed E-state index contributed by atoms with van der Waals surface area (Å²) in [6, 6.07) is 18.0. The van der Waals surface area contributed by atoms with E-state index >= 15 is 0 Å². The third-order valence-corrected chi connectivity index (χ3v) is 3.82. The normalized spacial score (nSPS) is 10.5. The molecule has 0 atom stereocenters. The van der Waals surface area contributed by atoms with Crippen molar-refractivity contribution in [3.8, 4) is 11.5 Å². The van der Waals surface area contributed by atoms with Crippen LogP contribution in [0.2, 0.25) is 0 Å². The van der Waals surface area contributed by atoms with Gasteiger partial charge in [-0.25, -0.2) is 0 Å². The third-order valence-electron chi connectivity index (χ3n) is 3.82. The van der Waals surface area contributed by atoms with Crippen LogP contribution >= 0.6 is 0 Å². The Balaban J connectivity index is 1.58. The standard InChI is InChI=1S/C22H24N4O3/c1-4-28-18-9-5-16(6-10-18)23-21-14-13-20(25-26-21)22(27)24-17-7-11-19(12-8-17)29-15(2)3/h5-15H,4H2,1-3H3,(H,23,26)(H,24,27). The lowest BCUT2D eigenvalue weighted by Crippen LogP contribution is -2.14. The molecule has 29 heavy (non-hydrogen) atoms. The molecule has 3 aromatic rings. The van der Waals surface area contributed by atoms with Crippen LogP contribution in [0.1, 0.15) is 31.3 Å². The summed E-state index contributed by atoms with van der Waals surface area (Å²) in [6.45, 7) is 6.49. The van der Waals surface area contributed by atoms with Crippen molar-refractivity contribution in [2.75, 3.05) is 17.2 Å². The fraction of sp³-hybridized carbons (Fsp3) is 0.227. The van der Waals surface area contributed by atoms with Crippen molar-refractivity contribution in [1.82, 2.24) is 10.2 Å². The molecule has 2 N–H and O–H groups in total. The van der Waals surface area contributed by atoms with Crippen LogP contribution in [0.5, 0.6) is 11.5 Å². The summed E-state index contributed by atoms with van der Waals surface area (Å²) < 4.78 is 11.0.